The summed E-state index contributed by atoms with van der Waals surface area (Å²) in [6, 6.07) is 4.04. The van der Waals surface area contributed by atoms with E-state index in [4.69, 9.17) is 5.73 Å². The fourth-order valence-corrected chi connectivity index (χ4v) is 3.12. The SMILES string of the molecule is Cn1cc(S(=O)(=O)NCc2cc(F)ccc2Br)c(N)n1. The molecule has 2 rings (SSSR count). The van der Waals surface area contributed by atoms with Gasteiger partial charge in [0.25, 0.3) is 0 Å². The molecular weight excluding hydrogens is 351 g/mol. The van der Waals surface area contributed by atoms with Crippen LogP contribution in [0, 0.1) is 5.82 Å². The van der Waals surface area contributed by atoms with Gasteiger partial charge in [-0.05, 0) is 23.8 Å². The number of aryl methyl sites for hydroxylation is 1. The maximum absolute atomic E-state index is 13.1. The first kappa shape index (κ1) is 14.9. The number of nitrogens with two attached hydrogens (primary N) is 1. The Hall–Kier alpha value is -1.45. The highest BCUT2D eigenvalue weighted by Gasteiger charge is 2.20. The molecule has 0 bridgehead atoms. The van der Waals surface area contributed by atoms with Gasteiger partial charge in [-0.3, -0.25) is 4.68 Å². The van der Waals surface area contributed by atoms with E-state index in [1.807, 2.05) is 0 Å². The minimum atomic E-state index is -3.80. The van der Waals surface area contributed by atoms with Gasteiger partial charge in [0.05, 0.1) is 0 Å². The predicted molar refractivity (Wildman–Crippen MR) is 75.7 cm³/mol. The quantitative estimate of drug-likeness (QED) is 0.859. The number of aromatic nitrogens is 2. The van der Waals surface area contributed by atoms with E-state index in [-0.39, 0.29) is 17.3 Å². The molecule has 108 valence electrons. The number of halogens is 2. The summed E-state index contributed by atoms with van der Waals surface area (Å²) in [4.78, 5) is -0.104. The van der Waals surface area contributed by atoms with Crippen LogP contribution in [0.25, 0.3) is 0 Å². The van der Waals surface area contributed by atoms with Crippen molar-refractivity contribution >= 4 is 31.8 Å². The van der Waals surface area contributed by atoms with Crippen LogP contribution in [-0.4, -0.2) is 18.2 Å². The number of sulfonamides is 1. The predicted octanol–water partition coefficient (Wildman–Crippen LogP) is 1.38. The second-order valence-corrected chi connectivity index (χ2v) is 6.70. The van der Waals surface area contributed by atoms with Crippen molar-refractivity contribution in [1.29, 1.82) is 0 Å². The van der Waals surface area contributed by atoms with Crippen LogP contribution in [0.5, 0.6) is 0 Å². The number of hydrogen-bond acceptors (Lipinski definition) is 4. The molecule has 0 fully saturated rings. The lowest BCUT2D eigenvalue weighted by Gasteiger charge is -2.07. The summed E-state index contributed by atoms with van der Waals surface area (Å²) in [6.07, 6.45) is 1.30. The van der Waals surface area contributed by atoms with Gasteiger partial charge in [-0.1, -0.05) is 15.9 Å². The smallest absolute Gasteiger partial charge is 0.246 e. The average molecular weight is 363 g/mol. The molecule has 9 heteroatoms. The van der Waals surface area contributed by atoms with Gasteiger partial charge in [-0.25, -0.2) is 17.5 Å². The zero-order chi connectivity index (χ0) is 14.9. The van der Waals surface area contributed by atoms with E-state index in [9.17, 15) is 12.8 Å². The van der Waals surface area contributed by atoms with E-state index in [0.717, 1.165) is 0 Å². The first-order valence-corrected chi connectivity index (χ1v) is 7.80. The second kappa shape index (κ2) is 5.51. The van der Waals surface area contributed by atoms with Crippen molar-refractivity contribution in [2.24, 2.45) is 7.05 Å². The van der Waals surface area contributed by atoms with Crippen molar-refractivity contribution < 1.29 is 12.8 Å². The lowest BCUT2D eigenvalue weighted by atomic mass is 10.2. The molecule has 0 saturated heterocycles. The minimum Gasteiger partial charge on any atom is -0.381 e. The summed E-state index contributed by atoms with van der Waals surface area (Å²) in [5.41, 5.74) is 6.01. The fourth-order valence-electron chi connectivity index (χ4n) is 1.62. The van der Waals surface area contributed by atoms with Crippen LogP contribution < -0.4 is 10.5 Å². The summed E-state index contributed by atoms with van der Waals surface area (Å²) >= 11 is 3.23. The van der Waals surface area contributed by atoms with Crippen LogP contribution in [0.2, 0.25) is 0 Å². The van der Waals surface area contributed by atoms with Gasteiger partial charge in [0.1, 0.15) is 10.7 Å². The monoisotopic (exact) mass is 362 g/mol. The van der Waals surface area contributed by atoms with Gasteiger partial charge >= 0.3 is 0 Å². The Labute approximate surface area is 124 Å². The van der Waals surface area contributed by atoms with Crippen molar-refractivity contribution in [3.05, 3.63) is 40.2 Å². The number of hydrogen-bond donors (Lipinski definition) is 2. The molecule has 0 radical (unpaired) electrons. The fraction of sp³-hybridized carbons (Fsp3) is 0.182. The normalized spacial score (nSPS) is 11.8. The molecule has 1 heterocycles. The summed E-state index contributed by atoms with van der Waals surface area (Å²) in [7, 11) is -2.23. The Balaban J connectivity index is 2.21. The summed E-state index contributed by atoms with van der Waals surface area (Å²) in [6.45, 7) is -0.0605. The number of anilines is 1. The van der Waals surface area contributed by atoms with E-state index in [1.165, 1.54) is 29.1 Å². The van der Waals surface area contributed by atoms with Crippen molar-refractivity contribution in [3.8, 4) is 0 Å². The topological polar surface area (TPSA) is 90.0 Å². The summed E-state index contributed by atoms with van der Waals surface area (Å²) in [5, 5.41) is 3.77. The van der Waals surface area contributed by atoms with Crippen LogP contribution in [-0.2, 0) is 23.6 Å². The third kappa shape index (κ3) is 3.17. The summed E-state index contributed by atoms with van der Waals surface area (Å²) < 4.78 is 41.6. The van der Waals surface area contributed by atoms with Gasteiger partial charge in [-0.2, -0.15) is 5.10 Å². The average Bonchev–Trinajstić information content (AvgIpc) is 2.70. The van der Waals surface area contributed by atoms with Gasteiger partial charge in [0, 0.05) is 24.3 Å². The minimum absolute atomic E-state index is 0.0605. The molecule has 0 aliphatic carbocycles. The Morgan fingerprint density at radius 2 is 2.20 bits per heavy atom. The molecule has 0 spiro atoms. The van der Waals surface area contributed by atoms with E-state index in [2.05, 4.69) is 25.8 Å². The van der Waals surface area contributed by atoms with Crippen LogP contribution in [0.4, 0.5) is 10.2 Å². The number of benzene rings is 1. The molecule has 20 heavy (non-hydrogen) atoms. The van der Waals surface area contributed by atoms with E-state index in [1.54, 1.807) is 7.05 Å². The molecule has 0 amide bonds. The molecule has 0 atom stereocenters. The number of nitrogens with one attached hydrogen (secondary N) is 1. The van der Waals surface area contributed by atoms with Crippen LogP contribution in [0.15, 0.2) is 33.8 Å². The third-order valence-electron chi connectivity index (χ3n) is 2.57. The maximum atomic E-state index is 13.1. The Bertz CT molecular complexity index is 745. The van der Waals surface area contributed by atoms with Crippen LogP contribution in [0.3, 0.4) is 0 Å². The molecule has 0 aliphatic heterocycles. The first-order chi connectivity index (χ1) is 9.29. The lowest BCUT2D eigenvalue weighted by molar-refractivity contribution is 0.580. The van der Waals surface area contributed by atoms with E-state index >= 15 is 0 Å². The highest BCUT2D eigenvalue weighted by atomic mass is 79.9. The number of rotatable bonds is 4. The molecule has 0 unspecified atom stereocenters. The Kier molecular flexibility index (Phi) is 4.11. The third-order valence-corrected chi connectivity index (χ3v) is 4.76. The van der Waals surface area contributed by atoms with Crippen molar-refractivity contribution in [3.63, 3.8) is 0 Å². The standard InChI is InChI=1S/C11H12BrFN4O2S/c1-17-6-10(11(14)16-17)20(18,19)15-5-7-4-8(13)2-3-9(7)12/h2-4,6,15H,5H2,1H3,(H2,14,16). The van der Waals surface area contributed by atoms with Gasteiger partial charge in [0.2, 0.25) is 10.0 Å². The molecule has 1 aromatic carbocycles. The molecule has 1 aromatic heterocycles. The Morgan fingerprint density at radius 1 is 1.50 bits per heavy atom. The van der Waals surface area contributed by atoms with Crippen LogP contribution in [0.1, 0.15) is 5.56 Å². The lowest BCUT2D eigenvalue weighted by Crippen LogP contribution is -2.24. The van der Waals surface area contributed by atoms with Gasteiger partial charge < -0.3 is 5.73 Å². The number of nitrogens with zero attached hydrogens (tertiary/aromatic N) is 2. The van der Waals surface area contributed by atoms with Crippen molar-refractivity contribution in [2.75, 3.05) is 5.73 Å². The maximum Gasteiger partial charge on any atom is 0.246 e. The molecular formula is C11H12BrFN4O2S. The molecule has 3 N–H and O–H groups in total. The molecule has 6 nitrogen and oxygen atoms in total. The van der Waals surface area contributed by atoms with E-state index < -0.39 is 15.8 Å². The highest BCUT2D eigenvalue weighted by Crippen LogP contribution is 2.20. The van der Waals surface area contributed by atoms with Crippen molar-refractivity contribution in [1.82, 2.24) is 14.5 Å². The van der Waals surface area contributed by atoms with Gasteiger partial charge in [-0.15, -0.1) is 0 Å². The molecule has 2 aromatic rings. The molecule has 0 saturated carbocycles. The molecule has 0 aliphatic rings. The number of nitrogen functional groups attached to an aromatic ring is 1. The van der Waals surface area contributed by atoms with Crippen LogP contribution >= 0.6 is 15.9 Å². The zero-order valence-electron chi connectivity index (χ0n) is 10.5. The van der Waals surface area contributed by atoms with Gasteiger partial charge in [0.15, 0.2) is 5.82 Å². The Morgan fingerprint density at radius 3 is 2.80 bits per heavy atom. The van der Waals surface area contributed by atoms with E-state index in [0.29, 0.717) is 10.0 Å². The highest BCUT2D eigenvalue weighted by molar-refractivity contribution is 9.10. The largest absolute Gasteiger partial charge is 0.381 e. The van der Waals surface area contributed by atoms with Crippen molar-refractivity contribution in [2.45, 2.75) is 11.4 Å². The zero-order valence-corrected chi connectivity index (χ0v) is 12.9. The summed E-state index contributed by atoms with van der Waals surface area (Å²) in [5.74, 6) is -0.526. The first-order valence-electron chi connectivity index (χ1n) is 5.52. The second-order valence-electron chi connectivity index (χ2n) is 4.11.